The van der Waals surface area contributed by atoms with Crippen LogP contribution in [0.25, 0.3) is 0 Å². The molecule has 0 bridgehead atoms. The second-order valence-electron chi connectivity index (χ2n) is 7.64. The first-order valence-electron chi connectivity index (χ1n) is 8.74. The van der Waals surface area contributed by atoms with Crippen LogP contribution in [0.1, 0.15) is 39.2 Å². The molecule has 6 nitrogen and oxygen atoms in total. The number of nitrogens with one attached hydrogen (secondary N) is 1. The average Bonchev–Trinajstić information content (AvgIpc) is 2.51. The molecule has 1 amide bonds. The fourth-order valence-corrected chi connectivity index (χ4v) is 4.55. The summed E-state index contributed by atoms with van der Waals surface area (Å²) in [7, 11) is -3.53. The van der Waals surface area contributed by atoms with Crippen LogP contribution in [0.2, 0.25) is 0 Å². The van der Waals surface area contributed by atoms with Crippen LogP contribution in [-0.2, 0) is 20.5 Å². The second kappa shape index (κ2) is 8.35. The van der Waals surface area contributed by atoms with Gasteiger partial charge in [0.2, 0.25) is 10.0 Å². The van der Waals surface area contributed by atoms with E-state index in [4.69, 9.17) is 4.74 Å². The summed E-state index contributed by atoms with van der Waals surface area (Å²) >= 11 is 0. The highest BCUT2D eigenvalue weighted by molar-refractivity contribution is 7.88. The smallest absolute Gasteiger partial charge is 0.407 e. The molecule has 0 unspecified atom stereocenters. The van der Waals surface area contributed by atoms with E-state index in [2.05, 4.69) is 5.32 Å². The fraction of sp³-hybridized carbons (Fsp3) is 0.611. The van der Waals surface area contributed by atoms with Crippen molar-refractivity contribution < 1.29 is 22.3 Å². The molecule has 1 fully saturated rings. The molecule has 1 heterocycles. The molecule has 1 aromatic carbocycles. The number of amides is 1. The molecule has 0 saturated carbocycles. The third-order valence-corrected chi connectivity index (χ3v) is 5.86. The molecule has 26 heavy (non-hydrogen) atoms. The molecular formula is C18H27FN2O4S. The molecule has 1 saturated heterocycles. The molecule has 2 rings (SSSR count). The molecule has 8 heteroatoms. The predicted molar refractivity (Wildman–Crippen MR) is 97.6 cm³/mol. The summed E-state index contributed by atoms with van der Waals surface area (Å²) in [6.45, 7) is 6.50. The van der Waals surface area contributed by atoms with E-state index in [9.17, 15) is 17.6 Å². The maximum absolute atomic E-state index is 13.3. The fourth-order valence-electron chi connectivity index (χ4n) is 2.92. The van der Waals surface area contributed by atoms with Gasteiger partial charge in [0, 0.05) is 19.6 Å². The Labute approximate surface area is 154 Å². The zero-order valence-corrected chi connectivity index (χ0v) is 16.3. The lowest BCUT2D eigenvalue weighted by atomic mass is 10.00. The SMILES string of the molecule is CC(C)(C)OC(=O)NC[C@H]1CCCN(S(=O)(=O)Cc2cccc(F)c2)C1. The van der Waals surface area contributed by atoms with Crippen molar-refractivity contribution in [2.75, 3.05) is 19.6 Å². The Hall–Kier alpha value is -1.67. The summed E-state index contributed by atoms with van der Waals surface area (Å²) < 4.78 is 45.2. The number of carbonyl (C=O) groups excluding carboxylic acids is 1. The number of hydrogen-bond acceptors (Lipinski definition) is 4. The quantitative estimate of drug-likeness (QED) is 0.844. The Bertz CT molecular complexity index is 731. The van der Waals surface area contributed by atoms with Gasteiger partial charge in [-0.25, -0.2) is 21.9 Å². The number of rotatable bonds is 5. The van der Waals surface area contributed by atoms with E-state index in [-0.39, 0.29) is 11.7 Å². The standard InChI is InChI=1S/C18H27FN2O4S/c1-18(2,3)25-17(22)20-11-15-7-5-9-21(12-15)26(23,24)13-14-6-4-8-16(19)10-14/h4,6,8,10,15H,5,7,9,11-13H2,1-3H3,(H,20,22)/t15-/m1/s1. The van der Waals surface area contributed by atoms with E-state index in [0.29, 0.717) is 25.2 Å². The molecule has 1 aliphatic rings. The van der Waals surface area contributed by atoms with Crippen LogP contribution in [0.4, 0.5) is 9.18 Å². The van der Waals surface area contributed by atoms with Crippen molar-refractivity contribution in [3.63, 3.8) is 0 Å². The van der Waals surface area contributed by atoms with E-state index in [1.165, 1.54) is 22.5 Å². The lowest BCUT2D eigenvalue weighted by Crippen LogP contribution is -2.44. The summed E-state index contributed by atoms with van der Waals surface area (Å²) in [5, 5.41) is 2.71. The number of benzene rings is 1. The number of carbonyl (C=O) groups is 1. The van der Waals surface area contributed by atoms with E-state index in [1.54, 1.807) is 26.8 Å². The first kappa shape index (κ1) is 20.6. The Balaban J connectivity index is 1.91. The summed E-state index contributed by atoms with van der Waals surface area (Å²) in [6.07, 6.45) is 1.06. The van der Waals surface area contributed by atoms with Gasteiger partial charge in [-0.2, -0.15) is 0 Å². The molecule has 1 N–H and O–H groups in total. The van der Waals surface area contributed by atoms with Gasteiger partial charge < -0.3 is 10.1 Å². The summed E-state index contributed by atoms with van der Waals surface area (Å²) in [5.41, 5.74) is -0.143. The van der Waals surface area contributed by atoms with Crippen LogP contribution in [0, 0.1) is 11.7 Å². The second-order valence-corrected chi connectivity index (χ2v) is 9.60. The molecule has 0 radical (unpaired) electrons. The van der Waals surface area contributed by atoms with Crippen molar-refractivity contribution in [2.24, 2.45) is 5.92 Å². The molecule has 0 aliphatic carbocycles. The number of piperidine rings is 1. The monoisotopic (exact) mass is 386 g/mol. The lowest BCUT2D eigenvalue weighted by Gasteiger charge is -2.32. The van der Waals surface area contributed by atoms with Crippen LogP contribution < -0.4 is 5.32 Å². The highest BCUT2D eigenvalue weighted by Gasteiger charge is 2.29. The molecule has 0 aromatic heterocycles. The summed E-state index contributed by atoms with van der Waals surface area (Å²) in [4.78, 5) is 11.8. The maximum atomic E-state index is 13.3. The van der Waals surface area contributed by atoms with Crippen molar-refractivity contribution in [1.29, 1.82) is 0 Å². The van der Waals surface area contributed by atoms with Gasteiger partial charge in [-0.15, -0.1) is 0 Å². The van der Waals surface area contributed by atoms with Gasteiger partial charge in [-0.3, -0.25) is 0 Å². The number of ether oxygens (including phenoxy) is 1. The van der Waals surface area contributed by atoms with Gasteiger partial charge in [0.25, 0.3) is 0 Å². The van der Waals surface area contributed by atoms with Crippen LogP contribution in [0.5, 0.6) is 0 Å². The lowest BCUT2D eigenvalue weighted by molar-refractivity contribution is 0.0513. The zero-order chi connectivity index (χ0) is 19.4. The summed E-state index contributed by atoms with van der Waals surface area (Å²) in [6, 6.07) is 5.63. The topological polar surface area (TPSA) is 75.7 Å². The van der Waals surface area contributed by atoms with E-state index in [1.807, 2.05) is 0 Å². The highest BCUT2D eigenvalue weighted by Crippen LogP contribution is 2.21. The minimum absolute atomic E-state index is 0.0264. The van der Waals surface area contributed by atoms with Crippen molar-refractivity contribution in [3.05, 3.63) is 35.6 Å². The number of sulfonamides is 1. The van der Waals surface area contributed by atoms with Gasteiger partial charge in [-0.05, 0) is 57.2 Å². The van der Waals surface area contributed by atoms with Gasteiger partial charge in [-0.1, -0.05) is 12.1 Å². The number of alkyl carbamates (subject to hydrolysis) is 1. The molecular weight excluding hydrogens is 359 g/mol. The number of hydrogen-bond donors (Lipinski definition) is 1. The van der Waals surface area contributed by atoms with Gasteiger partial charge >= 0.3 is 6.09 Å². The van der Waals surface area contributed by atoms with Crippen LogP contribution in [0.15, 0.2) is 24.3 Å². The Morgan fingerprint density at radius 3 is 2.77 bits per heavy atom. The normalized spacial score (nSPS) is 19.2. The first-order chi connectivity index (χ1) is 12.0. The molecule has 1 aromatic rings. The Morgan fingerprint density at radius 2 is 2.12 bits per heavy atom. The average molecular weight is 386 g/mol. The maximum Gasteiger partial charge on any atom is 0.407 e. The van der Waals surface area contributed by atoms with Crippen LogP contribution in [-0.4, -0.2) is 44.1 Å². The van der Waals surface area contributed by atoms with Gasteiger partial charge in [0.05, 0.1) is 5.75 Å². The first-order valence-corrected chi connectivity index (χ1v) is 10.4. The zero-order valence-electron chi connectivity index (χ0n) is 15.5. The summed E-state index contributed by atoms with van der Waals surface area (Å²) in [5.74, 6) is -0.647. The predicted octanol–water partition coefficient (Wildman–Crippen LogP) is 2.89. The minimum atomic E-state index is -3.53. The van der Waals surface area contributed by atoms with Crippen LogP contribution >= 0.6 is 0 Å². The minimum Gasteiger partial charge on any atom is -0.444 e. The van der Waals surface area contributed by atoms with Gasteiger partial charge in [0.15, 0.2) is 0 Å². The molecule has 1 aliphatic heterocycles. The largest absolute Gasteiger partial charge is 0.444 e. The van der Waals surface area contributed by atoms with Crippen molar-refractivity contribution in [1.82, 2.24) is 9.62 Å². The number of halogens is 1. The van der Waals surface area contributed by atoms with Gasteiger partial charge in [0.1, 0.15) is 11.4 Å². The molecule has 146 valence electrons. The third kappa shape index (κ3) is 6.57. The Morgan fingerprint density at radius 1 is 1.38 bits per heavy atom. The highest BCUT2D eigenvalue weighted by atomic mass is 32.2. The van der Waals surface area contributed by atoms with Crippen molar-refractivity contribution in [3.8, 4) is 0 Å². The van der Waals surface area contributed by atoms with E-state index < -0.39 is 27.5 Å². The van der Waals surface area contributed by atoms with Crippen LogP contribution in [0.3, 0.4) is 0 Å². The van der Waals surface area contributed by atoms with E-state index in [0.717, 1.165) is 12.8 Å². The van der Waals surface area contributed by atoms with Crippen molar-refractivity contribution >= 4 is 16.1 Å². The molecule has 0 spiro atoms. The molecule has 1 atom stereocenters. The van der Waals surface area contributed by atoms with Crippen molar-refractivity contribution in [2.45, 2.75) is 45.0 Å². The van der Waals surface area contributed by atoms with E-state index >= 15 is 0 Å². The number of nitrogens with zero attached hydrogens (tertiary/aromatic N) is 1. The Kier molecular flexibility index (Phi) is 6.63. The third-order valence-electron chi connectivity index (χ3n) is 4.05.